The first-order chi connectivity index (χ1) is 15.4. The van der Waals surface area contributed by atoms with Crippen molar-refractivity contribution in [2.45, 2.75) is 13.0 Å². The number of hydrogen-bond donors (Lipinski definition) is 1. The van der Waals surface area contributed by atoms with Gasteiger partial charge >= 0.3 is 0 Å². The molecule has 2 aromatic heterocycles. The standard InChI is InChI=1S/C24H25FN4O2S/c1-15-19-13-22(32-24(19)29(27-15)17-11-9-16(25)10-12-17)23(30)26-14-20(28(2)3)18-7-5-6-8-21(18)31-4/h5-13,20H,14H2,1-4H3,(H,26,30). The molecule has 1 unspecified atom stereocenters. The number of rotatable bonds is 7. The molecule has 0 fully saturated rings. The molecule has 1 atom stereocenters. The first-order valence-corrected chi connectivity index (χ1v) is 11.0. The van der Waals surface area contributed by atoms with E-state index in [1.54, 1.807) is 23.9 Å². The Balaban J connectivity index is 1.57. The predicted molar refractivity (Wildman–Crippen MR) is 125 cm³/mol. The van der Waals surface area contributed by atoms with E-state index in [4.69, 9.17) is 4.74 Å². The van der Waals surface area contributed by atoms with Crippen LogP contribution in [0.1, 0.15) is 27.0 Å². The lowest BCUT2D eigenvalue weighted by Gasteiger charge is -2.26. The van der Waals surface area contributed by atoms with Crippen LogP contribution in [0.4, 0.5) is 4.39 Å². The number of carbonyl (C=O) groups excluding carboxylic acids is 1. The first-order valence-electron chi connectivity index (χ1n) is 10.2. The van der Waals surface area contributed by atoms with Gasteiger partial charge < -0.3 is 15.0 Å². The summed E-state index contributed by atoms with van der Waals surface area (Å²) in [6, 6.07) is 15.8. The number of carbonyl (C=O) groups is 1. The van der Waals surface area contributed by atoms with Crippen LogP contribution in [0.2, 0.25) is 0 Å². The van der Waals surface area contributed by atoms with Gasteiger partial charge in [0.2, 0.25) is 0 Å². The maximum Gasteiger partial charge on any atom is 0.261 e. The fourth-order valence-corrected chi connectivity index (χ4v) is 4.80. The molecule has 1 amide bonds. The predicted octanol–water partition coefficient (Wildman–Crippen LogP) is 4.58. The average molecular weight is 453 g/mol. The zero-order valence-electron chi connectivity index (χ0n) is 18.4. The Kier molecular flexibility index (Phi) is 6.25. The quantitative estimate of drug-likeness (QED) is 0.446. The van der Waals surface area contributed by atoms with Crippen LogP contribution in [0, 0.1) is 12.7 Å². The molecule has 0 bridgehead atoms. The van der Waals surface area contributed by atoms with E-state index in [1.165, 1.54) is 23.5 Å². The zero-order valence-corrected chi connectivity index (χ0v) is 19.2. The Morgan fingerprint density at radius 1 is 1.22 bits per heavy atom. The smallest absolute Gasteiger partial charge is 0.261 e. The average Bonchev–Trinajstić information content (AvgIpc) is 3.35. The molecule has 0 aliphatic heterocycles. The van der Waals surface area contributed by atoms with Crippen molar-refractivity contribution >= 4 is 27.5 Å². The highest BCUT2D eigenvalue weighted by Crippen LogP contribution is 2.31. The van der Waals surface area contributed by atoms with Crippen molar-refractivity contribution in [3.63, 3.8) is 0 Å². The molecule has 6 nitrogen and oxygen atoms in total. The van der Waals surface area contributed by atoms with E-state index in [0.717, 1.165) is 32.9 Å². The minimum absolute atomic E-state index is 0.0408. The molecule has 1 N–H and O–H groups in total. The highest BCUT2D eigenvalue weighted by atomic mass is 32.1. The van der Waals surface area contributed by atoms with Gasteiger partial charge in [-0.3, -0.25) is 4.79 Å². The van der Waals surface area contributed by atoms with Crippen LogP contribution in [-0.2, 0) is 0 Å². The number of para-hydroxylation sites is 1. The van der Waals surface area contributed by atoms with Gasteiger partial charge in [-0.05, 0) is 57.4 Å². The summed E-state index contributed by atoms with van der Waals surface area (Å²) >= 11 is 1.37. The molecule has 8 heteroatoms. The maximum absolute atomic E-state index is 13.3. The molecule has 2 heterocycles. The normalized spacial score (nSPS) is 12.3. The van der Waals surface area contributed by atoms with Crippen LogP contribution in [0.3, 0.4) is 0 Å². The van der Waals surface area contributed by atoms with Crippen LogP contribution >= 0.6 is 11.3 Å². The number of aryl methyl sites for hydroxylation is 1. The first kappa shape index (κ1) is 22.0. The molecule has 0 saturated heterocycles. The van der Waals surface area contributed by atoms with Crippen LogP contribution in [0.15, 0.2) is 54.6 Å². The van der Waals surface area contributed by atoms with Crippen LogP contribution in [-0.4, -0.2) is 48.3 Å². The van der Waals surface area contributed by atoms with E-state index < -0.39 is 0 Å². The minimum atomic E-state index is -0.300. The van der Waals surface area contributed by atoms with Crippen molar-refractivity contribution in [3.8, 4) is 11.4 Å². The highest BCUT2D eigenvalue weighted by molar-refractivity contribution is 7.20. The van der Waals surface area contributed by atoms with Gasteiger partial charge in [-0.2, -0.15) is 5.10 Å². The zero-order chi connectivity index (χ0) is 22.8. The summed E-state index contributed by atoms with van der Waals surface area (Å²) < 4.78 is 20.6. The second-order valence-corrected chi connectivity index (χ2v) is 8.77. The second-order valence-electron chi connectivity index (χ2n) is 7.73. The number of thiophene rings is 1. The van der Waals surface area contributed by atoms with Gasteiger partial charge in [0.1, 0.15) is 16.4 Å². The van der Waals surface area contributed by atoms with Gasteiger partial charge in [-0.1, -0.05) is 18.2 Å². The van der Waals surface area contributed by atoms with Crippen molar-refractivity contribution in [2.75, 3.05) is 27.7 Å². The number of methoxy groups -OCH3 is 1. The topological polar surface area (TPSA) is 59.4 Å². The number of fused-ring (bicyclic) bond motifs is 1. The van der Waals surface area contributed by atoms with Gasteiger partial charge in [-0.15, -0.1) is 11.3 Å². The molecular formula is C24H25FN4O2S. The highest BCUT2D eigenvalue weighted by Gasteiger charge is 2.21. The molecule has 0 aliphatic carbocycles. The second kappa shape index (κ2) is 9.10. The number of likely N-dealkylation sites (N-methyl/N-ethyl adjacent to an activating group) is 1. The fraction of sp³-hybridized carbons (Fsp3) is 0.250. The van der Waals surface area contributed by atoms with E-state index in [9.17, 15) is 9.18 Å². The molecule has 32 heavy (non-hydrogen) atoms. The number of halogens is 1. The molecule has 0 radical (unpaired) electrons. The van der Waals surface area contributed by atoms with E-state index in [1.807, 2.05) is 51.4 Å². The largest absolute Gasteiger partial charge is 0.496 e. The van der Waals surface area contributed by atoms with Gasteiger partial charge in [0.05, 0.1) is 29.4 Å². The molecule has 0 spiro atoms. The van der Waals surface area contributed by atoms with E-state index >= 15 is 0 Å². The number of aromatic nitrogens is 2. The lowest BCUT2D eigenvalue weighted by atomic mass is 10.0. The van der Waals surface area contributed by atoms with E-state index in [0.29, 0.717) is 11.4 Å². The lowest BCUT2D eigenvalue weighted by molar-refractivity contribution is 0.0945. The summed E-state index contributed by atoms with van der Waals surface area (Å²) in [6.07, 6.45) is 0. The minimum Gasteiger partial charge on any atom is -0.496 e. The fourth-order valence-electron chi connectivity index (χ4n) is 3.71. The molecule has 4 rings (SSSR count). The van der Waals surface area contributed by atoms with Crippen molar-refractivity contribution < 1.29 is 13.9 Å². The summed E-state index contributed by atoms with van der Waals surface area (Å²) in [5, 5.41) is 8.54. The van der Waals surface area contributed by atoms with Crippen molar-refractivity contribution in [2.24, 2.45) is 0 Å². The molecule has 0 saturated carbocycles. The van der Waals surface area contributed by atoms with E-state index in [-0.39, 0.29) is 17.8 Å². The Bertz CT molecular complexity index is 1250. The monoisotopic (exact) mass is 452 g/mol. The number of hydrogen-bond acceptors (Lipinski definition) is 5. The van der Waals surface area contributed by atoms with Crippen molar-refractivity contribution in [3.05, 3.63) is 76.5 Å². The third-order valence-electron chi connectivity index (χ3n) is 5.42. The molecule has 4 aromatic rings. The Morgan fingerprint density at radius 2 is 1.94 bits per heavy atom. The lowest BCUT2D eigenvalue weighted by Crippen LogP contribution is -2.34. The van der Waals surface area contributed by atoms with E-state index in [2.05, 4.69) is 15.3 Å². The molecule has 166 valence electrons. The number of ether oxygens (including phenoxy) is 1. The third-order valence-corrected chi connectivity index (χ3v) is 6.53. The van der Waals surface area contributed by atoms with Crippen LogP contribution < -0.4 is 10.1 Å². The molecular weight excluding hydrogens is 427 g/mol. The van der Waals surface area contributed by atoms with Gasteiger partial charge in [0.25, 0.3) is 5.91 Å². The van der Waals surface area contributed by atoms with Crippen molar-refractivity contribution in [1.82, 2.24) is 20.0 Å². The Morgan fingerprint density at radius 3 is 2.62 bits per heavy atom. The Labute approximate surface area is 190 Å². The van der Waals surface area contributed by atoms with Crippen LogP contribution in [0.5, 0.6) is 5.75 Å². The summed E-state index contributed by atoms with van der Waals surface area (Å²) in [4.78, 5) is 16.5. The molecule has 2 aromatic carbocycles. The van der Waals surface area contributed by atoms with Gasteiger partial charge in [0.15, 0.2) is 0 Å². The number of amides is 1. The van der Waals surface area contributed by atoms with Crippen LogP contribution in [0.25, 0.3) is 15.9 Å². The van der Waals surface area contributed by atoms with Crippen molar-refractivity contribution in [1.29, 1.82) is 0 Å². The number of benzene rings is 2. The number of nitrogens with one attached hydrogen (secondary N) is 1. The van der Waals surface area contributed by atoms with Gasteiger partial charge in [0, 0.05) is 17.5 Å². The van der Waals surface area contributed by atoms with Gasteiger partial charge in [-0.25, -0.2) is 9.07 Å². The maximum atomic E-state index is 13.3. The summed E-state index contributed by atoms with van der Waals surface area (Å²) in [7, 11) is 5.60. The summed E-state index contributed by atoms with van der Waals surface area (Å²) in [6.45, 7) is 2.34. The number of nitrogens with zero attached hydrogens (tertiary/aromatic N) is 3. The summed E-state index contributed by atoms with van der Waals surface area (Å²) in [5.41, 5.74) is 2.58. The SMILES string of the molecule is COc1ccccc1C(CNC(=O)c1cc2c(C)nn(-c3ccc(F)cc3)c2s1)N(C)C. The molecule has 0 aliphatic rings. The Hall–Kier alpha value is -3.23. The third kappa shape index (κ3) is 4.24. The summed E-state index contributed by atoms with van der Waals surface area (Å²) in [5.74, 6) is 0.348.